The number of rotatable bonds is 6. The second kappa shape index (κ2) is 7.13. The molecule has 0 radical (unpaired) electrons. The first-order chi connectivity index (χ1) is 9.69. The normalized spacial score (nSPS) is 15.5. The van der Waals surface area contributed by atoms with Gasteiger partial charge in [0, 0.05) is 19.6 Å². The topological polar surface area (TPSA) is 75.2 Å². The maximum atomic E-state index is 12.2. The van der Waals surface area contributed by atoms with Crippen LogP contribution < -0.4 is 15.5 Å². The number of hydrogen-bond acceptors (Lipinski definition) is 7. The van der Waals surface area contributed by atoms with Gasteiger partial charge in [0.1, 0.15) is 0 Å². The Bertz CT molecular complexity index is 427. The lowest BCUT2D eigenvalue weighted by molar-refractivity contribution is 0.122. The zero-order chi connectivity index (χ0) is 14.4. The second-order valence-corrected chi connectivity index (χ2v) is 4.18. The Morgan fingerprint density at radius 3 is 2.40 bits per heavy atom. The third-order valence-electron chi connectivity index (χ3n) is 2.67. The summed E-state index contributed by atoms with van der Waals surface area (Å²) in [7, 11) is 0. The van der Waals surface area contributed by atoms with Crippen molar-refractivity contribution in [3.63, 3.8) is 0 Å². The van der Waals surface area contributed by atoms with Crippen LogP contribution in [0.2, 0.25) is 0 Å². The van der Waals surface area contributed by atoms with Crippen molar-refractivity contribution >= 4 is 17.8 Å². The number of alkyl halides is 2. The predicted octanol–water partition coefficient (Wildman–Crippen LogP) is 0.817. The SMILES string of the molecule is CCNc1nc(NCC(F)F)nc(N2CCOCC2)n1. The molecule has 1 aromatic heterocycles. The van der Waals surface area contributed by atoms with Gasteiger partial charge in [-0.15, -0.1) is 0 Å². The van der Waals surface area contributed by atoms with Crippen molar-refractivity contribution in [1.29, 1.82) is 0 Å². The summed E-state index contributed by atoms with van der Waals surface area (Å²) < 4.78 is 29.8. The van der Waals surface area contributed by atoms with Gasteiger partial charge in [-0.3, -0.25) is 0 Å². The number of nitrogens with zero attached hydrogens (tertiary/aromatic N) is 4. The highest BCUT2D eigenvalue weighted by Crippen LogP contribution is 2.15. The van der Waals surface area contributed by atoms with Crippen LogP contribution in [0.25, 0.3) is 0 Å². The minimum atomic E-state index is -2.46. The number of ether oxygens (including phenoxy) is 1. The van der Waals surface area contributed by atoms with E-state index >= 15 is 0 Å². The highest BCUT2D eigenvalue weighted by molar-refractivity contribution is 5.44. The molecule has 2 rings (SSSR count). The molecule has 0 aromatic carbocycles. The van der Waals surface area contributed by atoms with Gasteiger partial charge in [-0.25, -0.2) is 8.78 Å². The Kier molecular flexibility index (Phi) is 5.22. The summed E-state index contributed by atoms with van der Waals surface area (Å²) in [6, 6.07) is 0. The maximum absolute atomic E-state index is 12.2. The number of halogens is 2. The van der Waals surface area contributed by atoms with Crippen molar-refractivity contribution in [3.05, 3.63) is 0 Å². The molecule has 2 heterocycles. The van der Waals surface area contributed by atoms with Crippen LogP contribution in [0.1, 0.15) is 6.92 Å². The van der Waals surface area contributed by atoms with E-state index in [0.717, 1.165) is 0 Å². The Morgan fingerprint density at radius 2 is 1.80 bits per heavy atom. The first-order valence-electron chi connectivity index (χ1n) is 6.53. The van der Waals surface area contributed by atoms with E-state index in [1.165, 1.54) is 0 Å². The molecule has 0 atom stereocenters. The van der Waals surface area contributed by atoms with Crippen LogP contribution >= 0.6 is 0 Å². The number of hydrogen-bond donors (Lipinski definition) is 2. The molecule has 0 unspecified atom stereocenters. The average Bonchev–Trinajstić information content (AvgIpc) is 2.46. The van der Waals surface area contributed by atoms with Crippen LogP contribution in [0.4, 0.5) is 26.6 Å². The molecule has 1 saturated heterocycles. The van der Waals surface area contributed by atoms with Crippen molar-refractivity contribution in [2.45, 2.75) is 13.3 Å². The molecule has 0 amide bonds. The monoisotopic (exact) mass is 288 g/mol. The highest BCUT2D eigenvalue weighted by Gasteiger charge is 2.16. The van der Waals surface area contributed by atoms with Crippen LogP contribution in [0.3, 0.4) is 0 Å². The predicted molar refractivity (Wildman–Crippen MR) is 71.5 cm³/mol. The summed E-state index contributed by atoms with van der Waals surface area (Å²) >= 11 is 0. The average molecular weight is 288 g/mol. The standard InChI is InChI=1S/C11H18F2N6O/c1-2-14-9-16-10(15-7-8(12)13)18-11(17-9)19-3-5-20-6-4-19/h8H,2-7H2,1H3,(H2,14,15,16,17,18). The largest absolute Gasteiger partial charge is 0.378 e. The van der Waals surface area contributed by atoms with Gasteiger partial charge >= 0.3 is 0 Å². The minimum Gasteiger partial charge on any atom is -0.378 e. The summed E-state index contributed by atoms with van der Waals surface area (Å²) in [5, 5.41) is 5.48. The quantitative estimate of drug-likeness (QED) is 0.802. The highest BCUT2D eigenvalue weighted by atomic mass is 19.3. The van der Waals surface area contributed by atoms with Crippen LogP contribution in [0.15, 0.2) is 0 Å². The molecule has 1 aliphatic heterocycles. The molecule has 2 N–H and O–H groups in total. The van der Waals surface area contributed by atoms with E-state index in [1.807, 2.05) is 11.8 Å². The smallest absolute Gasteiger partial charge is 0.255 e. The van der Waals surface area contributed by atoms with E-state index in [4.69, 9.17) is 4.74 Å². The van der Waals surface area contributed by atoms with Crippen molar-refractivity contribution in [2.75, 3.05) is 54.9 Å². The summed E-state index contributed by atoms with van der Waals surface area (Å²) in [5.74, 6) is 0.995. The number of anilines is 3. The number of aromatic nitrogens is 3. The molecule has 9 heteroatoms. The molecule has 1 aliphatic rings. The Balaban J connectivity index is 2.15. The van der Waals surface area contributed by atoms with E-state index in [2.05, 4.69) is 25.6 Å². The van der Waals surface area contributed by atoms with E-state index < -0.39 is 13.0 Å². The van der Waals surface area contributed by atoms with Gasteiger partial charge in [0.2, 0.25) is 17.8 Å². The van der Waals surface area contributed by atoms with Gasteiger partial charge in [0.15, 0.2) is 0 Å². The first-order valence-corrected chi connectivity index (χ1v) is 6.53. The minimum absolute atomic E-state index is 0.151. The molecule has 0 spiro atoms. The molecule has 1 fully saturated rings. The lowest BCUT2D eigenvalue weighted by atomic mass is 10.4. The summed E-state index contributed by atoms with van der Waals surface area (Å²) in [4.78, 5) is 14.5. The molecule has 1 aromatic rings. The molecule has 0 bridgehead atoms. The van der Waals surface area contributed by atoms with Crippen LogP contribution in [-0.2, 0) is 4.74 Å². The molecular formula is C11H18F2N6O. The lowest BCUT2D eigenvalue weighted by Gasteiger charge is -2.27. The van der Waals surface area contributed by atoms with Gasteiger partial charge in [-0.05, 0) is 6.92 Å². The van der Waals surface area contributed by atoms with Gasteiger partial charge in [0.25, 0.3) is 6.43 Å². The summed E-state index contributed by atoms with van der Waals surface area (Å²) in [6.45, 7) is 4.60. The van der Waals surface area contributed by atoms with Crippen molar-refractivity contribution in [3.8, 4) is 0 Å². The van der Waals surface area contributed by atoms with E-state index in [1.54, 1.807) is 0 Å². The zero-order valence-electron chi connectivity index (χ0n) is 11.3. The molecule has 20 heavy (non-hydrogen) atoms. The Hall–Kier alpha value is -1.77. The van der Waals surface area contributed by atoms with Crippen molar-refractivity contribution in [2.24, 2.45) is 0 Å². The molecule has 7 nitrogen and oxygen atoms in total. The van der Waals surface area contributed by atoms with Crippen molar-refractivity contribution < 1.29 is 13.5 Å². The Morgan fingerprint density at radius 1 is 1.15 bits per heavy atom. The second-order valence-electron chi connectivity index (χ2n) is 4.18. The molecule has 0 aliphatic carbocycles. The first kappa shape index (κ1) is 14.6. The summed E-state index contributed by atoms with van der Waals surface area (Å²) in [5.41, 5.74) is 0. The zero-order valence-corrected chi connectivity index (χ0v) is 11.3. The van der Waals surface area contributed by atoms with Gasteiger partial charge in [0.05, 0.1) is 19.8 Å². The fourth-order valence-electron chi connectivity index (χ4n) is 1.75. The fourth-order valence-corrected chi connectivity index (χ4v) is 1.75. The maximum Gasteiger partial charge on any atom is 0.255 e. The van der Waals surface area contributed by atoms with Crippen LogP contribution in [0.5, 0.6) is 0 Å². The molecular weight excluding hydrogens is 270 g/mol. The molecule has 112 valence electrons. The molecule has 0 saturated carbocycles. The van der Waals surface area contributed by atoms with Crippen molar-refractivity contribution in [1.82, 2.24) is 15.0 Å². The van der Waals surface area contributed by atoms with Gasteiger partial charge < -0.3 is 20.3 Å². The van der Waals surface area contributed by atoms with E-state index in [-0.39, 0.29) is 5.95 Å². The van der Waals surface area contributed by atoms with E-state index in [9.17, 15) is 8.78 Å². The lowest BCUT2D eigenvalue weighted by Crippen LogP contribution is -2.37. The Labute approximate surface area is 115 Å². The third kappa shape index (κ3) is 4.12. The van der Waals surface area contributed by atoms with E-state index in [0.29, 0.717) is 44.7 Å². The van der Waals surface area contributed by atoms with Crippen LogP contribution in [-0.4, -0.2) is 60.8 Å². The van der Waals surface area contributed by atoms with Gasteiger partial charge in [-0.2, -0.15) is 15.0 Å². The fraction of sp³-hybridized carbons (Fsp3) is 0.727. The van der Waals surface area contributed by atoms with Crippen LogP contribution in [0, 0.1) is 0 Å². The van der Waals surface area contributed by atoms with Gasteiger partial charge in [-0.1, -0.05) is 0 Å². The summed E-state index contributed by atoms with van der Waals surface area (Å²) in [6.07, 6.45) is -2.46. The number of nitrogens with one attached hydrogen (secondary N) is 2. The number of morpholine rings is 1. The third-order valence-corrected chi connectivity index (χ3v) is 2.67.